The molecule has 0 aliphatic rings. The molecule has 0 bridgehead atoms. The van der Waals surface area contributed by atoms with Crippen LogP contribution in [-0.4, -0.2) is 20.2 Å². The summed E-state index contributed by atoms with van der Waals surface area (Å²) in [5.74, 6) is 1.78. The number of hydrogen-bond acceptors (Lipinski definition) is 3. The predicted molar refractivity (Wildman–Crippen MR) is 146 cm³/mol. The van der Waals surface area contributed by atoms with E-state index in [1.165, 1.54) is 11.1 Å². The van der Waals surface area contributed by atoms with Crippen LogP contribution in [0.5, 0.6) is 11.5 Å². The zero-order valence-electron chi connectivity index (χ0n) is 20.3. The molecular weight excluding hydrogens is 442 g/mol. The molecule has 0 aliphatic heterocycles. The van der Waals surface area contributed by atoms with Crippen molar-refractivity contribution in [2.24, 2.45) is 0 Å². The average Bonchev–Trinajstić information content (AvgIpc) is 2.84. The van der Waals surface area contributed by atoms with E-state index in [4.69, 9.17) is 9.47 Å². The van der Waals surface area contributed by atoms with Crippen molar-refractivity contribution in [2.75, 3.05) is 20.2 Å². The van der Waals surface area contributed by atoms with Crippen LogP contribution < -0.4 is 14.8 Å². The minimum absolute atomic E-state index is 0. The fourth-order valence-corrected chi connectivity index (χ4v) is 3.95. The molecule has 0 fully saturated rings. The Kier molecular flexibility index (Phi) is 11.5. The maximum atomic E-state index is 6.68. The predicted octanol–water partition coefficient (Wildman–Crippen LogP) is 7.36. The highest BCUT2D eigenvalue weighted by atomic mass is 35.5. The van der Waals surface area contributed by atoms with E-state index in [1.54, 1.807) is 0 Å². The standard InChI is InChI=1S/C30H35NO2.ClH/c1-5-11-23-15-17-30(33-29(19-20-31-4)24-13-9-8-10-14-24)27(21-23)25-16-18-28(32-7-3)26(22-25)12-6-2;/h5-6,8-10,13-18,21-22,29,31H,1-2,7,11-12,19-20H2,3-4H3;1H. The maximum absolute atomic E-state index is 6.68. The highest BCUT2D eigenvalue weighted by molar-refractivity contribution is 5.85. The van der Waals surface area contributed by atoms with Gasteiger partial charge in [0.15, 0.2) is 0 Å². The molecular formula is C30H36ClNO2. The van der Waals surface area contributed by atoms with Crippen LogP contribution in [0.4, 0.5) is 0 Å². The minimum atomic E-state index is -0.0435. The smallest absolute Gasteiger partial charge is 0.128 e. The van der Waals surface area contributed by atoms with Gasteiger partial charge in [-0.05, 0) is 79.9 Å². The minimum Gasteiger partial charge on any atom is -0.494 e. The molecule has 1 N–H and O–H groups in total. The molecule has 0 aromatic heterocycles. The molecule has 0 spiro atoms. The van der Waals surface area contributed by atoms with E-state index < -0.39 is 0 Å². The largest absolute Gasteiger partial charge is 0.494 e. The van der Waals surface area contributed by atoms with Crippen LogP contribution in [0, 0.1) is 0 Å². The zero-order valence-corrected chi connectivity index (χ0v) is 21.1. The lowest BCUT2D eigenvalue weighted by Crippen LogP contribution is -2.16. The molecule has 0 saturated heterocycles. The Morgan fingerprint density at radius 2 is 1.65 bits per heavy atom. The van der Waals surface area contributed by atoms with Gasteiger partial charge in [-0.25, -0.2) is 0 Å². The average molecular weight is 478 g/mol. The van der Waals surface area contributed by atoms with Crippen LogP contribution in [-0.2, 0) is 12.8 Å². The summed E-state index contributed by atoms with van der Waals surface area (Å²) in [6.07, 6.45) is 6.24. The van der Waals surface area contributed by atoms with Gasteiger partial charge in [0.05, 0.1) is 6.61 Å². The van der Waals surface area contributed by atoms with Crippen molar-refractivity contribution in [3.8, 4) is 22.6 Å². The van der Waals surface area contributed by atoms with E-state index in [1.807, 2.05) is 32.2 Å². The van der Waals surface area contributed by atoms with Gasteiger partial charge >= 0.3 is 0 Å². The SMILES string of the molecule is C=CCc1ccc(OC(CCNC)c2ccccc2)c(-c2ccc(OCC)c(CC=C)c2)c1.Cl. The lowest BCUT2D eigenvalue weighted by molar-refractivity contribution is 0.196. The highest BCUT2D eigenvalue weighted by Crippen LogP contribution is 2.37. The lowest BCUT2D eigenvalue weighted by Gasteiger charge is -2.22. The second kappa shape index (κ2) is 14.3. The molecule has 0 heterocycles. The number of ether oxygens (including phenoxy) is 2. The summed E-state index contributed by atoms with van der Waals surface area (Å²) in [4.78, 5) is 0. The highest BCUT2D eigenvalue weighted by Gasteiger charge is 2.17. The van der Waals surface area contributed by atoms with Crippen molar-refractivity contribution in [3.05, 3.63) is 109 Å². The van der Waals surface area contributed by atoms with Crippen molar-refractivity contribution in [2.45, 2.75) is 32.3 Å². The third-order valence-electron chi connectivity index (χ3n) is 5.56. The Balaban J connectivity index is 0.00000408. The molecule has 180 valence electrons. The molecule has 0 saturated carbocycles. The van der Waals surface area contributed by atoms with E-state index in [9.17, 15) is 0 Å². The van der Waals surface area contributed by atoms with Gasteiger partial charge in [-0.1, -0.05) is 54.6 Å². The van der Waals surface area contributed by atoms with E-state index in [-0.39, 0.29) is 18.5 Å². The Morgan fingerprint density at radius 3 is 2.32 bits per heavy atom. The van der Waals surface area contributed by atoms with Crippen molar-refractivity contribution >= 4 is 12.4 Å². The number of halogens is 1. The van der Waals surface area contributed by atoms with Gasteiger partial charge in [0.1, 0.15) is 17.6 Å². The lowest BCUT2D eigenvalue weighted by atomic mass is 9.97. The van der Waals surface area contributed by atoms with Crippen molar-refractivity contribution in [3.63, 3.8) is 0 Å². The van der Waals surface area contributed by atoms with Crippen LogP contribution in [0.2, 0.25) is 0 Å². The summed E-state index contributed by atoms with van der Waals surface area (Å²) in [7, 11) is 1.97. The van der Waals surface area contributed by atoms with Crippen molar-refractivity contribution in [1.29, 1.82) is 0 Å². The normalized spacial score (nSPS) is 11.2. The summed E-state index contributed by atoms with van der Waals surface area (Å²) < 4.78 is 12.5. The van der Waals surface area contributed by atoms with E-state index in [0.29, 0.717) is 6.61 Å². The molecule has 3 aromatic rings. The number of hydrogen-bond donors (Lipinski definition) is 1. The van der Waals surface area contributed by atoms with Gasteiger partial charge in [0.25, 0.3) is 0 Å². The first-order valence-electron chi connectivity index (χ1n) is 11.7. The van der Waals surface area contributed by atoms with Gasteiger partial charge in [0.2, 0.25) is 0 Å². The van der Waals surface area contributed by atoms with Gasteiger partial charge in [0, 0.05) is 12.0 Å². The first-order chi connectivity index (χ1) is 16.2. The van der Waals surface area contributed by atoms with Gasteiger partial charge in [-0.3, -0.25) is 0 Å². The van der Waals surface area contributed by atoms with Crippen LogP contribution in [0.3, 0.4) is 0 Å². The monoisotopic (exact) mass is 477 g/mol. The Hall–Kier alpha value is -3.01. The van der Waals surface area contributed by atoms with Crippen molar-refractivity contribution in [1.82, 2.24) is 5.32 Å². The molecule has 0 aliphatic carbocycles. The first-order valence-corrected chi connectivity index (χ1v) is 11.7. The fourth-order valence-electron chi connectivity index (χ4n) is 3.95. The number of benzene rings is 3. The molecule has 0 amide bonds. The molecule has 3 rings (SSSR count). The van der Waals surface area contributed by atoms with Crippen LogP contribution >= 0.6 is 12.4 Å². The first kappa shape index (κ1) is 27.2. The number of nitrogens with one attached hydrogen (secondary N) is 1. The van der Waals surface area contributed by atoms with Crippen LogP contribution in [0.1, 0.15) is 36.1 Å². The Morgan fingerprint density at radius 1 is 0.912 bits per heavy atom. The van der Waals surface area contributed by atoms with Gasteiger partial charge < -0.3 is 14.8 Å². The quantitative estimate of drug-likeness (QED) is 0.261. The fraction of sp³-hybridized carbons (Fsp3) is 0.267. The number of allylic oxidation sites excluding steroid dienone is 2. The van der Waals surface area contributed by atoms with E-state index in [0.717, 1.165) is 54.0 Å². The Bertz CT molecular complexity index is 1050. The summed E-state index contributed by atoms with van der Waals surface area (Å²) in [5.41, 5.74) is 5.69. The van der Waals surface area contributed by atoms with Crippen LogP contribution in [0.15, 0.2) is 92.0 Å². The number of rotatable bonds is 13. The topological polar surface area (TPSA) is 30.5 Å². The molecule has 0 radical (unpaired) electrons. The van der Waals surface area contributed by atoms with Crippen molar-refractivity contribution < 1.29 is 9.47 Å². The zero-order chi connectivity index (χ0) is 23.5. The summed E-state index contributed by atoms with van der Waals surface area (Å²) in [5, 5.41) is 3.25. The van der Waals surface area contributed by atoms with E-state index in [2.05, 4.69) is 79.1 Å². The third-order valence-corrected chi connectivity index (χ3v) is 5.56. The van der Waals surface area contributed by atoms with Gasteiger partial charge in [-0.15, -0.1) is 25.6 Å². The van der Waals surface area contributed by atoms with Gasteiger partial charge in [-0.2, -0.15) is 0 Å². The molecule has 3 nitrogen and oxygen atoms in total. The third kappa shape index (κ3) is 7.24. The van der Waals surface area contributed by atoms with Crippen LogP contribution in [0.25, 0.3) is 11.1 Å². The molecule has 3 aromatic carbocycles. The second-order valence-corrected chi connectivity index (χ2v) is 7.98. The molecule has 34 heavy (non-hydrogen) atoms. The van der Waals surface area contributed by atoms with E-state index >= 15 is 0 Å². The second-order valence-electron chi connectivity index (χ2n) is 7.98. The summed E-state index contributed by atoms with van der Waals surface area (Å²) in [6.45, 7) is 11.3. The summed E-state index contributed by atoms with van der Waals surface area (Å²) in [6, 6.07) is 23.2. The maximum Gasteiger partial charge on any atom is 0.128 e. The Labute approximate surface area is 210 Å². The molecule has 1 atom stereocenters. The molecule has 1 unspecified atom stereocenters. The molecule has 4 heteroatoms. The summed E-state index contributed by atoms with van der Waals surface area (Å²) >= 11 is 0.